The standard InChI is InChI=1S/C15H22BNO4/c1-14(2,19)15(3,4)21-16-8-6-12-10-11(7-9-17-12)13(18)20-5/h6-10,16,19H,1-5H3/b8-6+. The van der Waals surface area contributed by atoms with E-state index in [1.165, 1.54) is 7.11 Å². The molecule has 0 aromatic carbocycles. The molecular weight excluding hydrogens is 269 g/mol. The molecule has 1 aromatic rings. The molecule has 0 atom stereocenters. The zero-order valence-corrected chi connectivity index (χ0v) is 13.2. The average Bonchev–Trinajstić information content (AvgIpc) is 2.42. The highest BCUT2D eigenvalue weighted by Crippen LogP contribution is 2.24. The van der Waals surface area contributed by atoms with Gasteiger partial charge in [-0.3, -0.25) is 4.98 Å². The van der Waals surface area contributed by atoms with Crippen LogP contribution in [0.15, 0.2) is 24.3 Å². The van der Waals surface area contributed by atoms with Crippen molar-refractivity contribution in [2.45, 2.75) is 38.9 Å². The normalized spacial score (nSPS) is 12.5. The van der Waals surface area contributed by atoms with Crippen molar-refractivity contribution in [1.29, 1.82) is 0 Å². The van der Waals surface area contributed by atoms with Crippen molar-refractivity contribution < 1.29 is 19.3 Å². The van der Waals surface area contributed by atoms with Crippen molar-refractivity contribution in [3.8, 4) is 0 Å². The molecule has 0 saturated carbocycles. The van der Waals surface area contributed by atoms with Gasteiger partial charge in [-0.15, -0.1) is 0 Å². The van der Waals surface area contributed by atoms with E-state index in [9.17, 15) is 9.90 Å². The number of hydrogen-bond acceptors (Lipinski definition) is 5. The van der Waals surface area contributed by atoms with Gasteiger partial charge < -0.3 is 14.5 Å². The number of nitrogens with zero attached hydrogens (tertiary/aromatic N) is 1. The third kappa shape index (κ3) is 4.99. The Bertz CT molecular complexity index is 521. The van der Waals surface area contributed by atoms with Crippen molar-refractivity contribution in [3.63, 3.8) is 0 Å². The molecule has 0 amide bonds. The number of hydrogen-bond donors (Lipinski definition) is 1. The average molecular weight is 291 g/mol. The molecule has 0 unspecified atom stereocenters. The Hall–Kier alpha value is -1.66. The highest BCUT2D eigenvalue weighted by Gasteiger charge is 2.35. The van der Waals surface area contributed by atoms with Gasteiger partial charge in [-0.25, -0.2) is 4.79 Å². The Kier molecular flexibility index (Phi) is 5.69. The first-order valence-electron chi connectivity index (χ1n) is 6.74. The monoisotopic (exact) mass is 291 g/mol. The number of carbonyl (C=O) groups is 1. The summed E-state index contributed by atoms with van der Waals surface area (Å²) in [4.78, 5) is 15.6. The van der Waals surface area contributed by atoms with Crippen LogP contribution in [-0.2, 0) is 9.39 Å². The zero-order valence-electron chi connectivity index (χ0n) is 13.2. The number of aromatic nitrogens is 1. The summed E-state index contributed by atoms with van der Waals surface area (Å²) in [5.74, 6) is 1.39. The summed E-state index contributed by atoms with van der Waals surface area (Å²) in [5.41, 5.74) is -0.518. The van der Waals surface area contributed by atoms with Crippen LogP contribution in [0.4, 0.5) is 0 Å². The first-order chi connectivity index (χ1) is 9.67. The minimum atomic E-state index is -0.941. The van der Waals surface area contributed by atoms with Crippen molar-refractivity contribution in [3.05, 3.63) is 35.6 Å². The van der Waals surface area contributed by atoms with Gasteiger partial charge in [-0.1, -0.05) is 5.98 Å². The summed E-state index contributed by atoms with van der Waals surface area (Å²) < 4.78 is 10.3. The second-order valence-corrected chi connectivity index (χ2v) is 5.74. The predicted molar refractivity (Wildman–Crippen MR) is 83.2 cm³/mol. The van der Waals surface area contributed by atoms with E-state index in [0.29, 0.717) is 18.7 Å². The molecule has 21 heavy (non-hydrogen) atoms. The Morgan fingerprint density at radius 3 is 2.62 bits per heavy atom. The minimum absolute atomic E-state index is 0.334. The van der Waals surface area contributed by atoms with Crippen LogP contribution < -0.4 is 0 Å². The van der Waals surface area contributed by atoms with Crippen LogP contribution >= 0.6 is 0 Å². The summed E-state index contributed by atoms with van der Waals surface area (Å²) >= 11 is 0. The number of rotatable bonds is 6. The van der Waals surface area contributed by atoms with Crippen molar-refractivity contribution in [1.82, 2.24) is 4.98 Å². The molecule has 0 spiro atoms. The number of ether oxygens (including phenoxy) is 1. The highest BCUT2D eigenvalue weighted by atomic mass is 16.5. The summed E-state index contributed by atoms with van der Waals surface area (Å²) in [5, 5.41) is 9.97. The van der Waals surface area contributed by atoms with E-state index in [-0.39, 0.29) is 0 Å². The maximum absolute atomic E-state index is 11.4. The van der Waals surface area contributed by atoms with Gasteiger partial charge in [0.05, 0.1) is 29.6 Å². The van der Waals surface area contributed by atoms with Crippen LogP contribution in [0.2, 0.25) is 0 Å². The largest absolute Gasteiger partial charge is 0.465 e. The zero-order chi connectivity index (χ0) is 16.1. The fourth-order valence-electron chi connectivity index (χ4n) is 1.39. The van der Waals surface area contributed by atoms with Gasteiger partial charge >= 0.3 is 13.5 Å². The van der Waals surface area contributed by atoms with Gasteiger partial charge in [0.2, 0.25) is 0 Å². The number of pyridine rings is 1. The van der Waals surface area contributed by atoms with E-state index >= 15 is 0 Å². The van der Waals surface area contributed by atoms with E-state index in [0.717, 1.165) is 0 Å². The van der Waals surface area contributed by atoms with E-state index < -0.39 is 17.2 Å². The van der Waals surface area contributed by atoms with Crippen LogP contribution in [0.1, 0.15) is 43.7 Å². The Morgan fingerprint density at radius 2 is 2.05 bits per heavy atom. The van der Waals surface area contributed by atoms with E-state index in [4.69, 9.17) is 4.65 Å². The second kappa shape index (κ2) is 6.87. The van der Waals surface area contributed by atoms with Gasteiger partial charge in [-0.2, -0.15) is 0 Å². The predicted octanol–water partition coefficient (Wildman–Crippen LogP) is 1.76. The molecule has 6 heteroatoms. The molecule has 1 heterocycles. The Morgan fingerprint density at radius 1 is 1.38 bits per heavy atom. The summed E-state index contributed by atoms with van der Waals surface area (Å²) in [6, 6.07) is 3.24. The summed E-state index contributed by atoms with van der Waals surface area (Å²) in [6.07, 6.45) is 3.31. The first kappa shape index (κ1) is 17.4. The fourth-order valence-corrected chi connectivity index (χ4v) is 1.39. The smallest absolute Gasteiger partial charge is 0.337 e. The van der Waals surface area contributed by atoms with Crippen LogP contribution in [0, 0.1) is 0 Å². The quantitative estimate of drug-likeness (QED) is 0.639. The molecular formula is C15H22BNO4. The molecule has 0 bridgehead atoms. The van der Waals surface area contributed by atoms with Crippen LogP contribution in [0.3, 0.4) is 0 Å². The van der Waals surface area contributed by atoms with Gasteiger partial charge in [0, 0.05) is 6.20 Å². The highest BCUT2D eigenvalue weighted by molar-refractivity contribution is 6.35. The third-order valence-corrected chi connectivity index (χ3v) is 3.50. The topological polar surface area (TPSA) is 68.7 Å². The van der Waals surface area contributed by atoms with E-state index in [2.05, 4.69) is 9.72 Å². The van der Waals surface area contributed by atoms with Crippen molar-refractivity contribution >= 4 is 19.5 Å². The molecule has 5 nitrogen and oxygen atoms in total. The van der Waals surface area contributed by atoms with Crippen LogP contribution in [-0.4, -0.2) is 41.9 Å². The molecule has 114 valence electrons. The number of esters is 1. The van der Waals surface area contributed by atoms with Crippen LogP contribution in [0.5, 0.6) is 0 Å². The number of aliphatic hydroxyl groups is 1. The molecule has 0 radical (unpaired) electrons. The molecule has 1 aromatic heterocycles. The third-order valence-electron chi connectivity index (χ3n) is 3.50. The molecule has 0 saturated heterocycles. The second-order valence-electron chi connectivity index (χ2n) is 5.74. The molecule has 1 N–H and O–H groups in total. The lowest BCUT2D eigenvalue weighted by molar-refractivity contribution is -0.0894. The maximum atomic E-state index is 11.4. The van der Waals surface area contributed by atoms with Gasteiger partial charge in [-0.05, 0) is 45.9 Å². The van der Waals surface area contributed by atoms with Gasteiger partial charge in [0.25, 0.3) is 0 Å². The van der Waals surface area contributed by atoms with Gasteiger partial charge in [0.1, 0.15) is 0 Å². The number of methoxy groups -OCH3 is 1. The summed E-state index contributed by atoms with van der Waals surface area (Å²) in [6.45, 7) is 7.07. The lowest BCUT2D eigenvalue weighted by atomic mass is 9.86. The Labute approximate surface area is 126 Å². The fraction of sp³-hybridized carbons (Fsp3) is 0.467. The first-order valence-corrected chi connectivity index (χ1v) is 6.74. The molecule has 1 rings (SSSR count). The molecule has 0 aliphatic rings. The van der Waals surface area contributed by atoms with Crippen LogP contribution in [0.25, 0.3) is 6.08 Å². The lowest BCUT2D eigenvalue weighted by Gasteiger charge is -2.37. The van der Waals surface area contributed by atoms with E-state index in [1.807, 2.05) is 13.8 Å². The minimum Gasteiger partial charge on any atom is -0.465 e. The molecule has 0 fully saturated rings. The van der Waals surface area contributed by atoms with Crippen molar-refractivity contribution in [2.75, 3.05) is 7.11 Å². The molecule has 0 aliphatic carbocycles. The molecule has 0 aliphatic heterocycles. The summed E-state index contributed by atoms with van der Waals surface area (Å²) in [7, 11) is 1.67. The lowest BCUT2D eigenvalue weighted by Crippen LogP contribution is -2.47. The SMILES string of the molecule is COC(=O)c1ccnc(/C=C/BOC(C)(C)C(C)(C)O)c1. The van der Waals surface area contributed by atoms with E-state index in [1.54, 1.807) is 44.2 Å². The number of carbonyl (C=O) groups excluding carboxylic acids is 1. The van der Waals surface area contributed by atoms with Crippen molar-refractivity contribution in [2.24, 2.45) is 0 Å². The Balaban J connectivity index is 2.64. The van der Waals surface area contributed by atoms with Gasteiger partial charge in [0.15, 0.2) is 0 Å². The maximum Gasteiger partial charge on any atom is 0.337 e.